The summed E-state index contributed by atoms with van der Waals surface area (Å²) in [5.41, 5.74) is 3.21. The van der Waals surface area contributed by atoms with Gasteiger partial charge in [-0.15, -0.1) is 0 Å². The van der Waals surface area contributed by atoms with E-state index in [0.717, 1.165) is 0 Å². The zero-order chi connectivity index (χ0) is 25.4. The van der Waals surface area contributed by atoms with Crippen LogP contribution < -0.4 is 10.2 Å². The van der Waals surface area contributed by atoms with Gasteiger partial charge in [0.2, 0.25) is 0 Å². The number of nitro groups is 1. The lowest BCUT2D eigenvalue weighted by Crippen LogP contribution is -2.12. The molecular formula is C27H21N5O4-2. The Balaban J connectivity index is 1.75. The van der Waals surface area contributed by atoms with E-state index in [1.165, 1.54) is 21.5 Å². The van der Waals surface area contributed by atoms with Crippen LogP contribution in [0.2, 0.25) is 0 Å². The lowest BCUT2D eigenvalue weighted by molar-refractivity contribution is -0.384. The summed E-state index contributed by atoms with van der Waals surface area (Å²) in [6.45, 7) is 3.44. The summed E-state index contributed by atoms with van der Waals surface area (Å²) in [5.74, 6) is -1.55. The third kappa shape index (κ3) is 3.86. The number of hydrogen-bond donors (Lipinski definition) is 0. The molecule has 2 heterocycles. The third-order valence-corrected chi connectivity index (χ3v) is 6.14. The zero-order valence-corrected chi connectivity index (χ0v) is 19.5. The molecule has 0 unspecified atom stereocenters. The Morgan fingerprint density at radius 1 is 0.694 bits per heavy atom. The van der Waals surface area contributed by atoms with Crippen molar-refractivity contribution in [1.82, 2.24) is 19.6 Å². The molecule has 36 heavy (non-hydrogen) atoms. The van der Waals surface area contributed by atoms with Crippen molar-refractivity contribution in [2.45, 2.75) is 19.8 Å². The molecule has 0 bridgehead atoms. The van der Waals surface area contributed by atoms with Crippen LogP contribution in [0.25, 0.3) is 11.4 Å². The molecule has 0 amide bonds. The van der Waals surface area contributed by atoms with E-state index in [1.807, 2.05) is 36.4 Å². The maximum absolute atomic E-state index is 13.7. The molecule has 180 valence electrons. The summed E-state index contributed by atoms with van der Waals surface area (Å²) in [6, 6.07) is 23.9. The first-order valence-electron chi connectivity index (χ1n) is 11.2. The van der Waals surface area contributed by atoms with Crippen molar-refractivity contribution >= 4 is 5.69 Å². The fraction of sp³-hybridized carbons (Fsp3) is 0.111. The predicted octanol–water partition coefficient (Wildman–Crippen LogP) is 3.91. The lowest BCUT2D eigenvalue weighted by Gasteiger charge is -2.25. The Morgan fingerprint density at radius 2 is 1.11 bits per heavy atom. The first-order chi connectivity index (χ1) is 17.4. The number of hydrogen-bond acceptors (Lipinski definition) is 6. The van der Waals surface area contributed by atoms with E-state index in [2.05, 4.69) is 10.2 Å². The minimum absolute atomic E-state index is 0.0874. The maximum atomic E-state index is 13.7. The highest BCUT2D eigenvalue weighted by molar-refractivity contribution is 5.56. The molecule has 5 rings (SSSR count). The molecule has 0 saturated carbocycles. The number of rotatable bonds is 6. The Kier molecular flexibility index (Phi) is 5.73. The van der Waals surface area contributed by atoms with Gasteiger partial charge in [-0.2, -0.15) is 10.2 Å². The summed E-state index contributed by atoms with van der Waals surface area (Å²) in [5, 5.41) is 47.6. The van der Waals surface area contributed by atoms with Gasteiger partial charge >= 0.3 is 0 Å². The van der Waals surface area contributed by atoms with Gasteiger partial charge in [-0.25, -0.2) is 9.36 Å². The molecule has 0 aliphatic heterocycles. The number of benzene rings is 3. The maximum Gasteiger partial charge on any atom is 0.269 e. The molecule has 9 heteroatoms. The molecule has 0 radical (unpaired) electrons. The number of nitro benzene ring substituents is 1. The number of nitrogens with zero attached hydrogens (tertiary/aromatic N) is 5. The van der Waals surface area contributed by atoms with Crippen LogP contribution in [0.1, 0.15) is 34.0 Å². The molecule has 9 nitrogen and oxygen atoms in total. The normalized spacial score (nSPS) is 11.2. The van der Waals surface area contributed by atoms with Crippen LogP contribution in [0.5, 0.6) is 11.8 Å². The van der Waals surface area contributed by atoms with Crippen molar-refractivity contribution in [2.75, 3.05) is 0 Å². The largest absolute Gasteiger partial charge is 0.858 e. The molecule has 0 N–H and O–H groups in total. The van der Waals surface area contributed by atoms with Crippen molar-refractivity contribution in [3.05, 3.63) is 123 Å². The summed E-state index contributed by atoms with van der Waals surface area (Å²) in [4.78, 5) is 10.7. The lowest BCUT2D eigenvalue weighted by atomic mass is 9.85. The average molecular weight is 479 g/mol. The van der Waals surface area contributed by atoms with Gasteiger partial charge in [-0.05, 0) is 66.6 Å². The SMILES string of the molecule is Cc1nn(-c2ccccc2)c([O-])c1C(c1ccc([N+](=O)[O-])cc1)c1c(C)nn(-c2ccccc2)c1[O-]. The van der Waals surface area contributed by atoms with Crippen LogP contribution in [-0.4, -0.2) is 24.5 Å². The van der Waals surface area contributed by atoms with E-state index in [0.29, 0.717) is 39.5 Å². The van der Waals surface area contributed by atoms with Gasteiger partial charge in [-0.1, -0.05) is 48.5 Å². The molecule has 0 spiro atoms. The van der Waals surface area contributed by atoms with Crippen molar-refractivity contribution < 1.29 is 15.1 Å². The highest BCUT2D eigenvalue weighted by Gasteiger charge is 2.28. The van der Waals surface area contributed by atoms with Crippen molar-refractivity contribution in [3.8, 4) is 23.1 Å². The van der Waals surface area contributed by atoms with Gasteiger partial charge in [0, 0.05) is 18.1 Å². The second kappa shape index (κ2) is 9.03. The monoisotopic (exact) mass is 479 g/mol. The van der Waals surface area contributed by atoms with Gasteiger partial charge in [0.1, 0.15) is 0 Å². The van der Waals surface area contributed by atoms with Crippen LogP contribution in [0.4, 0.5) is 5.69 Å². The quantitative estimate of drug-likeness (QED) is 0.269. The number of aryl methyl sites for hydroxylation is 2. The van der Waals surface area contributed by atoms with Crippen molar-refractivity contribution in [2.24, 2.45) is 0 Å². The Labute approximate surface area is 206 Å². The number of aromatic nitrogens is 4. The molecular weight excluding hydrogens is 458 g/mol. The highest BCUT2D eigenvalue weighted by atomic mass is 16.6. The molecule has 0 atom stereocenters. The Morgan fingerprint density at radius 3 is 1.50 bits per heavy atom. The number of non-ortho nitro benzene ring substituents is 1. The van der Waals surface area contributed by atoms with Gasteiger partial charge in [0.05, 0.1) is 27.7 Å². The first kappa shape index (κ1) is 22.9. The fourth-order valence-electron chi connectivity index (χ4n) is 4.46. The first-order valence-corrected chi connectivity index (χ1v) is 11.2. The second-order valence-corrected chi connectivity index (χ2v) is 8.38. The molecule has 3 aromatic carbocycles. The van der Waals surface area contributed by atoms with Crippen LogP contribution in [-0.2, 0) is 0 Å². The van der Waals surface area contributed by atoms with Gasteiger partial charge in [0.25, 0.3) is 5.69 Å². The minimum Gasteiger partial charge on any atom is -0.858 e. The standard InChI is InChI=1S/C27H23N5O4/c1-17-23(26(33)30(28-17)20-9-5-3-6-10-20)25(19-13-15-22(16-14-19)32(35)36)24-18(2)29-31(27(24)34)21-11-7-4-8-12-21/h3-16,25,33-34H,1-2H3/p-2. The van der Waals surface area contributed by atoms with Gasteiger partial charge < -0.3 is 10.2 Å². The summed E-state index contributed by atoms with van der Waals surface area (Å²) in [6.07, 6.45) is 0. The number of para-hydroxylation sites is 2. The molecule has 0 fully saturated rings. The fourth-order valence-corrected chi connectivity index (χ4v) is 4.46. The van der Waals surface area contributed by atoms with Crippen molar-refractivity contribution in [1.29, 1.82) is 0 Å². The topological polar surface area (TPSA) is 125 Å². The summed E-state index contributed by atoms with van der Waals surface area (Å²) < 4.78 is 2.62. The molecule has 0 aliphatic carbocycles. The summed E-state index contributed by atoms with van der Waals surface area (Å²) in [7, 11) is 0. The molecule has 0 aliphatic rings. The molecule has 0 saturated heterocycles. The predicted molar refractivity (Wildman–Crippen MR) is 130 cm³/mol. The van der Waals surface area contributed by atoms with E-state index < -0.39 is 10.8 Å². The minimum atomic E-state index is -0.819. The molecule has 2 aromatic heterocycles. The van der Waals surface area contributed by atoms with E-state index in [4.69, 9.17) is 0 Å². The Bertz CT molecular complexity index is 1450. The highest BCUT2D eigenvalue weighted by Crippen LogP contribution is 2.43. The van der Waals surface area contributed by atoms with Crippen molar-refractivity contribution in [3.63, 3.8) is 0 Å². The van der Waals surface area contributed by atoms with Gasteiger partial charge in [-0.3, -0.25) is 10.1 Å². The van der Waals surface area contributed by atoms with E-state index >= 15 is 0 Å². The third-order valence-electron chi connectivity index (χ3n) is 6.14. The van der Waals surface area contributed by atoms with Crippen LogP contribution in [0.15, 0.2) is 84.9 Å². The van der Waals surface area contributed by atoms with E-state index in [-0.39, 0.29) is 17.4 Å². The second-order valence-electron chi connectivity index (χ2n) is 8.38. The van der Waals surface area contributed by atoms with Gasteiger partial charge in [0.15, 0.2) is 0 Å². The molecule has 5 aromatic rings. The van der Waals surface area contributed by atoms with E-state index in [9.17, 15) is 20.3 Å². The average Bonchev–Trinajstić information content (AvgIpc) is 3.36. The Hall–Kier alpha value is -4.92. The zero-order valence-electron chi connectivity index (χ0n) is 19.5. The van der Waals surface area contributed by atoms with Crippen LogP contribution in [0.3, 0.4) is 0 Å². The van der Waals surface area contributed by atoms with Crippen LogP contribution in [0, 0.1) is 24.0 Å². The van der Waals surface area contributed by atoms with E-state index in [1.54, 1.807) is 50.2 Å². The smallest absolute Gasteiger partial charge is 0.269 e. The summed E-state index contributed by atoms with van der Waals surface area (Å²) >= 11 is 0. The van der Waals surface area contributed by atoms with Crippen LogP contribution >= 0.6 is 0 Å².